The number of nitrogens with zero attached hydrogens (tertiary/aromatic N) is 4. The van der Waals surface area contributed by atoms with Gasteiger partial charge in [-0.05, 0) is 68.3 Å². The van der Waals surface area contributed by atoms with Crippen molar-refractivity contribution < 1.29 is 0 Å². The molecular weight excluding hydrogens is 400 g/mol. The quantitative estimate of drug-likeness (QED) is 0.332. The van der Waals surface area contributed by atoms with E-state index in [1.807, 2.05) is 24.0 Å². The Morgan fingerprint density at radius 2 is 1.61 bits per heavy atom. The standard InChI is InChI=1S/C26H24N4S/c1-18-6-9-24(29-12-4-5-13-29)14-22(18)15-25-28-26(20(3)31-25)21-7-10-23(11-8-21)30-16-19(2)27-17-30/h4-14,16-17H,15H2,1-3H3. The molecule has 0 spiro atoms. The van der Waals surface area contributed by atoms with Gasteiger partial charge in [0, 0.05) is 46.8 Å². The van der Waals surface area contributed by atoms with Gasteiger partial charge in [-0.15, -0.1) is 11.3 Å². The summed E-state index contributed by atoms with van der Waals surface area (Å²) < 4.78 is 4.18. The van der Waals surface area contributed by atoms with Crippen molar-refractivity contribution in [3.8, 4) is 22.6 Å². The van der Waals surface area contributed by atoms with Gasteiger partial charge in [0.15, 0.2) is 0 Å². The molecule has 3 heterocycles. The Morgan fingerprint density at radius 1 is 0.871 bits per heavy atom. The molecule has 0 unspecified atom stereocenters. The van der Waals surface area contributed by atoms with Crippen LogP contribution in [-0.2, 0) is 6.42 Å². The van der Waals surface area contributed by atoms with Gasteiger partial charge in [-0.3, -0.25) is 0 Å². The van der Waals surface area contributed by atoms with Crippen LogP contribution in [0.4, 0.5) is 0 Å². The van der Waals surface area contributed by atoms with Crippen LogP contribution in [0.2, 0.25) is 0 Å². The monoisotopic (exact) mass is 424 g/mol. The first kappa shape index (κ1) is 19.5. The molecule has 0 aliphatic heterocycles. The largest absolute Gasteiger partial charge is 0.324 e. The van der Waals surface area contributed by atoms with Crippen molar-refractivity contribution in [1.29, 1.82) is 0 Å². The van der Waals surface area contributed by atoms with Crippen LogP contribution < -0.4 is 0 Å². The molecule has 31 heavy (non-hydrogen) atoms. The predicted molar refractivity (Wildman–Crippen MR) is 127 cm³/mol. The molecule has 154 valence electrons. The van der Waals surface area contributed by atoms with Gasteiger partial charge in [0.1, 0.15) is 0 Å². The second-order valence-corrected chi connectivity index (χ2v) is 9.15. The first-order valence-corrected chi connectivity index (χ1v) is 11.2. The van der Waals surface area contributed by atoms with Gasteiger partial charge < -0.3 is 9.13 Å². The van der Waals surface area contributed by atoms with E-state index in [1.54, 1.807) is 11.3 Å². The Bertz CT molecular complexity index is 1320. The van der Waals surface area contributed by atoms with Crippen molar-refractivity contribution in [2.45, 2.75) is 27.2 Å². The minimum atomic E-state index is 0.846. The second kappa shape index (κ2) is 8.00. The molecule has 0 fully saturated rings. The van der Waals surface area contributed by atoms with Crippen LogP contribution in [0, 0.1) is 20.8 Å². The summed E-state index contributed by atoms with van der Waals surface area (Å²) >= 11 is 1.79. The van der Waals surface area contributed by atoms with Gasteiger partial charge >= 0.3 is 0 Å². The second-order valence-electron chi connectivity index (χ2n) is 7.86. The highest BCUT2D eigenvalue weighted by Crippen LogP contribution is 2.30. The minimum absolute atomic E-state index is 0.846. The Kier molecular flexibility index (Phi) is 5.04. The van der Waals surface area contributed by atoms with Crippen LogP contribution in [0.3, 0.4) is 0 Å². The van der Waals surface area contributed by atoms with Crippen LogP contribution in [-0.4, -0.2) is 19.1 Å². The first-order valence-electron chi connectivity index (χ1n) is 10.4. The molecular formula is C26H24N4S. The molecule has 4 nitrogen and oxygen atoms in total. The number of imidazole rings is 1. The molecule has 0 bridgehead atoms. The van der Waals surface area contributed by atoms with E-state index < -0.39 is 0 Å². The minimum Gasteiger partial charge on any atom is -0.324 e. The fraction of sp³-hybridized carbons (Fsp3) is 0.154. The van der Waals surface area contributed by atoms with Gasteiger partial charge in [-0.25, -0.2) is 9.97 Å². The van der Waals surface area contributed by atoms with Crippen molar-refractivity contribution in [2.75, 3.05) is 0 Å². The van der Waals surface area contributed by atoms with Gasteiger partial charge in [0.25, 0.3) is 0 Å². The maximum absolute atomic E-state index is 5.01. The van der Waals surface area contributed by atoms with Crippen molar-refractivity contribution in [1.82, 2.24) is 19.1 Å². The zero-order valence-corrected chi connectivity index (χ0v) is 18.7. The number of rotatable bonds is 5. The van der Waals surface area contributed by atoms with E-state index in [1.165, 1.54) is 21.7 Å². The Labute approximate surface area is 186 Å². The van der Waals surface area contributed by atoms with Crippen molar-refractivity contribution in [2.24, 2.45) is 0 Å². The molecule has 5 aromatic rings. The molecule has 0 atom stereocenters. The highest BCUT2D eigenvalue weighted by atomic mass is 32.1. The summed E-state index contributed by atoms with van der Waals surface area (Å²) in [6, 6.07) is 19.3. The summed E-state index contributed by atoms with van der Waals surface area (Å²) in [6.07, 6.45) is 8.88. The zero-order valence-electron chi connectivity index (χ0n) is 17.9. The number of hydrogen-bond donors (Lipinski definition) is 0. The van der Waals surface area contributed by atoms with E-state index in [0.29, 0.717) is 0 Å². The molecule has 0 saturated carbocycles. The van der Waals surface area contributed by atoms with Crippen LogP contribution in [0.25, 0.3) is 22.6 Å². The highest BCUT2D eigenvalue weighted by Gasteiger charge is 2.12. The van der Waals surface area contributed by atoms with E-state index in [-0.39, 0.29) is 0 Å². The molecule has 0 N–H and O–H groups in total. The van der Waals surface area contributed by atoms with Crippen LogP contribution in [0.1, 0.15) is 26.7 Å². The summed E-state index contributed by atoms with van der Waals surface area (Å²) in [5.74, 6) is 0. The third kappa shape index (κ3) is 3.97. The fourth-order valence-electron chi connectivity index (χ4n) is 3.83. The van der Waals surface area contributed by atoms with E-state index in [9.17, 15) is 0 Å². The number of hydrogen-bond acceptors (Lipinski definition) is 3. The number of aromatic nitrogens is 4. The van der Waals surface area contributed by atoms with Crippen molar-refractivity contribution in [3.05, 3.63) is 106 Å². The third-order valence-electron chi connectivity index (χ3n) is 5.57. The molecule has 0 aliphatic carbocycles. The Balaban J connectivity index is 1.41. The summed E-state index contributed by atoms with van der Waals surface area (Å²) in [6.45, 7) is 6.33. The topological polar surface area (TPSA) is 35.6 Å². The van der Waals surface area contributed by atoms with Gasteiger partial charge in [0.2, 0.25) is 0 Å². The van der Waals surface area contributed by atoms with E-state index >= 15 is 0 Å². The number of thiazole rings is 1. The first-order chi connectivity index (χ1) is 15.1. The van der Waals surface area contributed by atoms with Gasteiger partial charge in [-0.1, -0.05) is 18.2 Å². The average molecular weight is 425 g/mol. The van der Waals surface area contributed by atoms with Crippen molar-refractivity contribution >= 4 is 11.3 Å². The summed E-state index contributed by atoms with van der Waals surface area (Å²) in [7, 11) is 0. The fourth-order valence-corrected chi connectivity index (χ4v) is 4.81. The zero-order chi connectivity index (χ0) is 21.4. The summed E-state index contributed by atoms with van der Waals surface area (Å²) in [5, 5.41) is 1.15. The lowest BCUT2D eigenvalue weighted by atomic mass is 10.0. The summed E-state index contributed by atoms with van der Waals surface area (Å²) in [5.41, 5.74) is 8.15. The lowest BCUT2D eigenvalue weighted by Crippen LogP contribution is -1.96. The smallest absolute Gasteiger partial charge is 0.0995 e. The molecule has 3 aromatic heterocycles. The Morgan fingerprint density at radius 3 is 2.32 bits per heavy atom. The molecule has 5 rings (SSSR count). The molecule has 2 aromatic carbocycles. The van der Waals surface area contributed by atoms with Crippen LogP contribution in [0.15, 0.2) is 79.5 Å². The SMILES string of the molecule is Cc1cn(-c2ccc(-c3nc(Cc4cc(-n5cccc5)ccc4C)sc3C)cc2)cn1. The average Bonchev–Trinajstić information content (AvgIpc) is 3.52. The molecule has 0 amide bonds. The van der Waals surface area contributed by atoms with Gasteiger partial charge in [-0.2, -0.15) is 0 Å². The maximum atomic E-state index is 5.01. The van der Waals surface area contributed by atoms with E-state index in [4.69, 9.17) is 4.98 Å². The lowest BCUT2D eigenvalue weighted by molar-refractivity contribution is 1.05. The number of aryl methyl sites for hydroxylation is 3. The normalized spacial score (nSPS) is 11.2. The third-order valence-corrected chi connectivity index (χ3v) is 6.54. The van der Waals surface area contributed by atoms with Crippen molar-refractivity contribution in [3.63, 3.8) is 0 Å². The predicted octanol–water partition coefficient (Wildman–Crippen LogP) is 6.30. The summed E-state index contributed by atoms with van der Waals surface area (Å²) in [4.78, 5) is 10.6. The van der Waals surface area contributed by atoms with E-state index in [2.05, 4.69) is 90.4 Å². The lowest BCUT2D eigenvalue weighted by Gasteiger charge is -2.09. The maximum Gasteiger partial charge on any atom is 0.0995 e. The van der Waals surface area contributed by atoms with Crippen LogP contribution in [0.5, 0.6) is 0 Å². The molecule has 0 saturated heterocycles. The van der Waals surface area contributed by atoms with Gasteiger partial charge in [0.05, 0.1) is 22.7 Å². The Hall–Kier alpha value is -3.44. The van der Waals surface area contributed by atoms with E-state index in [0.717, 1.165) is 34.1 Å². The molecule has 0 aliphatic rings. The van der Waals surface area contributed by atoms with Crippen LogP contribution >= 0.6 is 11.3 Å². The molecule has 5 heteroatoms. The molecule has 0 radical (unpaired) electrons. The number of benzene rings is 2. The highest BCUT2D eigenvalue weighted by molar-refractivity contribution is 7.12.